The first kappa shape index (κ1) is 23.1. The lowest BCUT2D eigenvalue weighted by Gasteiger charge is -2.19. The first-order valence-corrected chi connectivity index (χ1v) is 14.3. The van der Waals surface area contributed by atoms with Crippen LogP contribution in [0.2, 0.25) is 0 Å². The zero-order valence-electron chi connectivity index (χ0n) is 22.4. The second-order valence-corrected chi connectivity index (χ2v) is 11.1. The van der Waals surface area contributed by atoms with Gasteiger partial charge in [0.15, 0.2) is 0 Å². The molecule has 192 valence electrons. The van der Waals surface area contributed by atoms with Gasteiger partial charge in [0.25, 0.3) is 0 Å². The van der Waals surface area contributed by atoms with Gasteiger partial charge in [-0.15, -0.1) is 0 Å². The van der Waals surface area contributed by atoms with E-state index in [0.717, 1.165) is 22.7 Å². The van der Waals surface area contributed by atoms with E-state index in [1.165, 1.54) is 81.0 Å². The van der Waals surface area contributed by atoms with E-state index in [1.54, 1.807) is 0 Å². The fourth-order valence-corrected chi connectivity index (χ4v) is 6.08. The van der Waals surface area contributed by atoms with Crippen LogP contribution in [0.4, 0.5) is 22.7 Å². The molecule has 0 fully saturated rings. The van der Waals surface area contributed by atoms with Crippen LogP contribution in [-0.4, -0.2) is 0 Å². The number of hydrogen-bond acceptors (Lipinski definition) is 2. The van der Waals surface area contributed by atoms with Gasteiger partial charge in [-0.25, -0.2) is 0 Å². The molecular formula is C38H30N2. The molecule has 6 aromatic rings. The van der Waals surface area contributed by atoms with Gasteiger partial charge >= 0.3 is 0 Å². The van der Waals surface area contributed by atoms with E-state index < -0.39 is 0 Å². The van der Waals surface area contributed by atoms with Gasteiger partial charge in [0.2, 0.25) is 0 Å². The van der Waals surface area contributed by atoms with Crippen LogP contribution < -0.4 is 10.6 Å². The lowest BCUT2D eigenvalue weighted by molar-refractivity contribution is 0.840. The van der Waals surface area contributed by atoms with Gasteiger partial charge < -0.3 is 10.6 Å². The summed E-state index contributed by atoms with van der Waals surface area (Å²) in [7, 11) is 0. The molecule has 2 heteroatoms. The number of benzene rings is 6. The lowest BCUT2D eigenvalue weighted by atomic mass is 9.86. The van der Waals surface area contributed by atoms with Crippen LogP contribution in [0.5, 0.6) is 0 Å². The number of anilines is 4. The average Bonchev–Trinajstić information content (AvgIpc) is 2.96. The smallest absolute Gasteiger partial charge is 0.0464 e. The summed E-state index contributed by atoms with van der Waals surface area (Å²) in [6.07, 6.45) is 4.87. The number of aryl methyl sites for hydroxylation is 4. The van der Waals surface area contributed by atoms with Crippen molar-refractivity contribution in [1.29, 1.82) is 0 Å². The summed E-state index contributed by atoms with van der Waals surface area (Å²) in [6, 6.07) is 44.3. The van der Waals surface area contributed by atoms with Gasteiger partial charge in [0.1, 0.15) is 0 Å². The Bertz CT molecular complexity index is 1740. The molecule has 0 unspecified atom stereocenters. The third kappa shape index (κ3) is 4.13. The van der Waals surface area contributed by atoms with Crippen molar-refractivity contribution in [3.8, 4) is 22.3 Å². The summed E-state index contributed by atoms with van der Waals surface area (Å²) in [5.74, 6) is 0. The Hall–Kier alpha value is -4.82. The second kappa shape index (κ2) is 9.43. The van der Waals surface area contributed by atoms with Crippen molar-refractivity contribution < 1.29 is 0 Å². The molecule has 40 heavy (non-hydrogen) atoms. The Kier molecular flexibility index (Phi) is 5.44. The molecule has 2 nitrogen and oxygen atoms in total. The molecule has 2 aliphatic carbocycles. The third-order valence-corrected chi connectivity index (χ3v) is 8.66. The van der Waals surface area contributed by atoms with Crippen molar-refractivity contribution in [1.82, 2.24) is 0 Å². The standard InChI is InChI=1S/C38H30N2/c1-3-35-36(37(5-1)39-33-19-15-27(16-20-33)31-13-9-25-7-11-29(25)23-31)4-2-6-38(35)40-34-21-17-28(18-22-34)32-14-10-26-8-12-30(26)24-32/h1-6,9-10,13-24,39-40H,7-8,11-12H2. The van der Waals surface area contributed by atoms with E-state index in [-0.39, 0.29) is 0 Å². The first-order chi connectivity index (χ1) is 19.8. The normalized spacial score (nSPS) is 13.1. The fraction of sp³-hybridized carbons (Fsp3) is 0.105. The molecule has 0 aliphatic heterocycles. The third-order valence-electron chi connectivity index (χ3n) is 8.66. The molecule has 2 N–H and O–H groups in total. The van der Waals surface area contributed by atoms with Gasteiger partial charge in [-0.1, -0.05) is 84.9 Å². The Labute approximate surface area is 235 Å². The predicted octanol–water partition coefficient (Wildman–Crippen LogP) is 9.86. The summed E-state index contributed by atoms with van der Waals surface area (Å²) in [5.41, 5.74) is 15.5. The largest absolute Gasteiger partial charge is 0.355 e. The van der Waals surface area contributed by atoms with Crippen molar-refractivity contribution in [3.05, 3.63) is 144 Å². The summed E-state index contributed by atoms with van der Waals surface area (Å²) in [5, 5.41) is 9.70. The summed E-state index contributed by atoms with van der Waals surface area (Å²) >= 11 is 0. The molecule has 0 spiro atoms. The molecule has 0 amide bonds. The minimum Gasteiger partial charge on any atom is -0.355 e. The average molecular weight is 515 g/mol. The number of rotatable bonds is 6. The molecule has 0 bridgehead atoms. The van der Waals surface area contributed by atoms with Gasteiger partial charge in [-0.05, 0) is 107 Å². The Morgan fingerprint density at radius 3 is 1.12 bits per heavy atom. The maximum atomic E-state index is 3.66. The molecule has 0 radical (unpaired) electrons. The molecule has 0 saturated heterocycles. The highest BCUT2D eigenvalue weighted by atomic mass is 14.9. The van der Waals surface area contributed by atoms with Gasteiger partial charge in [0.05, 0.1) is 0 Å². The Morgan fingerprint density at radius 2 is 0.750 bits per heavy atom. The quantitative estimate of drug-likeness (QED) is 0.231. The Morgan fingerprint density at radius 1 is 0.350 bits per heavy atom. The van der Waals surface area contributed by atoms with E-state index in [4.69, 9.17) is 0 Å². The highest BCUT2D eigenvalue weighted by molar-refractivity contribution is 6.03. The summed E-state index contributed by atoms with van der Waals surface area (Å²) < 4.78 is 0. The van der Waals surface area contributed by atoms with Crippen LogP contribution in [-0.2, 0) is 25.7 Å². The van der Waals surface area contributed by atoms with Crippen LogP contribution >= 0.6 is 0 Å². The fourth-order valence-electron chi connectivity index (χ4n) is 6.08. The van der Waals surface area contributed by atoms with Crippen molar-refractivity contribution in [2.45, 2.75) is 25.7 Å². The minimum absolute atomic E-state index is 1.09. The molecule has 0 atom stereocenters. The SMILES string of the molecule is c1cc(Nc2ccc(-c3ccc4c(c3)CC4)cc2)c2cccc(Nc3ccc(-c4ccc5c(c4)CC5)cc3)c2c1. The second-order valence-electron chi connectivity index (χ2n) is 11.1. The monoisotopic (exact) mass is 514 g/mol. The van der Waals surface area contributed by atoms with Crippen molar-refractivity contribution in [2.75, 3.05) is 10.6 Å². The molecule has 8 rings (SSSR count). The summed E-state index contributed by atoms with van der Waals surface area (Å²) in [6.45, 7) is 0. The molecule has 0 saturated carbocycles. The van der Waals surface area contributed by atoms with Gasteiger partial charge in [-0.3, -0.25) is 0 Å². The maximum Gasteiger partial charge on any atom is 0.0464 e. The van der Waals surface area contributed by atoms with E-state index in [1.807, 2.05) is 0 Å². The number of fused-ring (bicyclic) bond motifs is 3. The molecular weight excluding hydrogens is 484 g/mol. The summed E-state index contributed by atoms with van der Waals surface area (Å²) in [4.78, 5) is 0. The number of nitrogens with one attached hydrogen (secondary N) is 2. The maximum absolute atomic E-state index is 3.66. The van der Waals surface area contributed by atoms with E-state index >= 15 is 0 Å². The lowest BCUT2D eigenvalue weighted by Crippen LogP contribution is -2.07. The topological polar surface area (TPSA) is 24.1 Å². The molecule has 0 heterocycles. The minimum atomic E-state index is 1.09. The van der Waals surface area contributed by atoms with E-state index in [0.29, 0.717) is 0 Å². The van der Waals surface area contributed by atoms with Crippen LogP contribution in [0, 0.1) is 0 Å². The molecule has 6 aromatic carbocycles. The van der Waals surface area contributed by atoms with Gasteiger partial charge in [-0.2, -0.15) is 0 Å². The predicted molar refractivity (Wildman–Crippen MR) is 169 cm³/mol. The number of hydrogen-bond donors (Lipinski definition) is 2. The van der Waals surface area contributed by atoms with Crippen LogP contribution in [0.1, 0.15) is 22.3 Å². The van der Waals surface area contributed by atoms with Crippen LogP contribution in [0.15, 0.2) is 121 Å². The van der Waals surface area contributed by atoms with E-state index in [2.05, 4.69) is 132 Å². The first-order valence-electron chi connectivity index (χ1n) is 14.3. The van der Waals surface area contributed by atoms with Crippen molar-refractivity contribution >= 4 is 33.5 Å². The molecule has 2 aliphatic rings. The highest BCUT2D eigenvalue weighted by Gasteiger charge is 2.14. The zero-order chi connectivity index (χ0) is 26.5. The molecule has 0 aromatic heterocycles. The van der Waals surface area contributed by atoms with Crippen LogP contribution in [0.25, 0.3) is 33.0 Å². The van der Waals surface area contributed by atoms with E-state index in [9.17, 15) is 0 Å². The highest BCUT2D eigenvalue weighted by Crippen LogP contribution is 2.35. The van der Waals surface area contributed by atoms with Crippen molar-refractivity contribution in [3.63, 3.8) is 0 Å². The van der Waals surface area contributed by atoms with Gasteiger partial charge in [0, 0.05) is 33.5 Å². The van der Waals surface area contributed by atoms with Crippen LogP contribution in [0.3, 0.4) is 0 Å². The Balaban J connectivity index is 1.03. The van der Waals surface area contributed by atoms with Crippen molar-refractivity contribution in [2.24, 2.45) is 0 Å². The zero-order valence-corrected chi connectivity index (χ0v) is 22.4.